The minimum Gasteiger partial charge on any atom is -0.340 e. The van der Waals surface area contributed by atoms with E-state index in [1.54, 1.807) is 0 Å². The predicted octanol–water partition coefficient (Wildman–Crippen LogP) is 1.70. The van der Waals surface area contributed by atoms with Crippen LogP contribution in [0.1, 0.15) is 13.3 Å². The number of nitrogens with zero attached hydrogens (tertiary/aromatic N) is 2. The fourth-order valence-electron chi connectivity index (χ4n) is 3.09. The van der Waals surface area contributed by atoms with Crippen molar-refractivity contribution in [1.82, 2.24) is 9.80 Å². The molecule has 3 rings (SSSR count). The smallest absolute Gasteiger partial charge is 0.228 e. The van der Waals surface area contributed by atoms with E-state index in [0.717, 1.165) is 31.8 Å². The molecular weight excluding hydrogens is 316 g/mol. The molecule has 1 saturated heterocycles. The van der Waals surface area contributed by atoms with Gasteiger partial charge >= 0.3 is 0 Å². The molecule has 0 aromatic heterocycles. The second kappa shape index (κ2) is 6.84. The molecule has 2 atom stereocenters. The molecule has 1 aliphatic carbocycles. The normalized spacial score (nSPS) is 23.9. The van der Waals surface area contributed by atoms with Crippen LogP contribution in [0.4, 0.5) is 14.5 Å². The van der Waals surface area contributed by atoms with Gasteiger partial charge in [-0.05, 0) is 25.1 Å². The van der Waals surface area contributed by atoms with E-state index in [-0.39, 0.29) is 23.4 Å². The van der Waals surface area contributed by atoms with Gasteiger partial charge in [0.05, 0.1) is 17.5 Å². The lowest BCUT2D eigenvalue weighted by atomic mass is 10.2. The summed E-state index contributed by atoms with van der Waals surface area (Å²) in [7, 11) is 0. The van der Waals surface area contributed by atoms with Crippen molar-refractivity contribution in [2.75, 3.05) is 38.0 Å². The largest absolute Gasteiger partial charge is 0.340 e. The first-order valence-corrected chi connectivity index (χ1v) is 8.26. The second-order valence-electron chi connectivity index (χ2n) is 6.32. The SMILES string of the molecule is CCN1CCN(C(=O)C2CC2C(=O)Nc2ccc(F)cc2F)CC1. The van der Waals surface area contributed by atoms with Crippen LogP contribution in [0.3, 0.4) is 0 Å². The van der Waals surface area contributed by atoms with Gasteiger partial charge in [0.2, 0.25) is 11.8 Å². The van der Waals surface area contributed by atoms with Gasteiger partial charge in [0.25, 0.3) is 0 Å². The lowest BCUT2D eigenvalue weighted by molar-refractivity contribution is -0.135. The molecule has 24 heavy (non-hydrogen) atoms. The Balaban J connectivity index is 1.53. The van der Waals surface area contributed by atoms with Gasteiger partial charge in [-0.2, -0.15) is 0 Å². The van der Waals surface area contributed by atoms with Gasteiger partial charge in [-0.25, -0.2) is 8.78 Å². The first-order valence-electron chi connectivity index (χ1n) is 8.26. The highest BCUT2D eigenvalue weighted by Gasteiger charge is 2.49. The molecule has 2 aliphatic rings. The van der Waals surface area contributed by atoms with Crippen LogP contribution < -0.4 is 5.32 Å². The molecule has 0 spiro atoms. The van der Waals surface area contributed by atoms with Crippen molar-refractivity contribution in [2.45, 2.75) is 13.3 Å². The summed E-state index contributed by atoms with van der Waals surface area (Å²) in [5.74, 6) is -2.64. The molecule has 0 radical (unpaired) electrons. The van der Waals surface area contributed by atoms with Crippen molar-refractivity contribution in [2.24, 2.45) is 11.8 Å². The molecule has 2 unspecified atom stereocenters. The fourth-order valence-corrected chi connectivity index (χ4v) is 3.09. The number of amides is 2. The molecule has 1 saturated carbocycles. The Hall–Kier alpha value is -2.02. The molecule has 1 aromatic carbocycles. The van der Waals surface area contributed by atoms with Crippen LogP contribution in [-0.4, -0.2) is 54.3 Å². The van der Waals surface area contributed by atoms with Crippen LogP contribution >= 0.6 is 0 Å². The molecule has 2 amide bonds. The number of carbonyl (C=O) groups is 2. The summed E-state index contributed by atoms with van der Waals surface area (Å²) in [6, 6.07) is 2.99. The third-order valence-electron chi connectivity index (χ3n) is 4.76. The summed E-state index contributed by atoms with van der Waals surface area (Å²) < 4.78 is 26.5. The number of rotatable bonds is 4. The lowest BCUT2D eigenvalue weighted by Crippen LogP contribution is -2.49. The van der Waals surface area contributed by atoms with Crippen molar-refractivity contribution >= 4 is 17.5 Å². The van der Waals surface area contributed by atoms with E-state index in [1.165, 1.54) is 6.07 Å². The van der Waals surface area contributed by atoms with Gasteiger partial charge in [0.1, 0.15) is 11.6 Å². The Morgan fingerprint density at radius 3 is 2.50 bits per heavy atom. The number of likely N-dealkylation sites (N-methyl/N-ethyl adjacent to an activating group) is 1. The summed E-state index contributed by atoms with van der Waals surface area (Å²) in [4.78, 5) is 28.7. The van der Waals surface area contributed by atoms with E-state index in [2.05, 4.69) is 17.1 Å². The fraction of sp³-hybridized carbons (Fsp3) is 0.529. The monoisotopic (exact) mass is 337 g/mol. The number of nitrogens with one attached hydrogen (secondary N) is 1. The molecule has 2 fully saturated rings. The maximum absolute atomic E-state index is 13.6. The van der Waals surface area contributed by atoms with Gasteiger partial charge in [0, 0.05) is 32.2 Å². The lowest BCUT2D eigenvalue weighted by Gasteiger charge is -2.34. The average Bonchev–Trinajstić information content (AvgIpc) is 3.37. The van der Waals surface area contributed by atoms with Crippen molar-refractivity contribution < 1.29 is 18.4 Å². The van der Waals surface area contributed by atoms with Gasteiger partial charge < -0.3 is 15.1 Å². The van der Waals surface area contributed by atoms with Crippen LogP contribution in [0.15, 0.2) is 18.2 Å². The van der Waals surface area contributed by atoms with Crippen LogP contribution in [0.2, 0.25) is 0 Å². The third kappa shape index (κ3) is 3.56. The number of anilines is 1. The van der Waals surface area contributed by atoms with Crippen LogP contribution in [0, 0.1) is 23.5 Å². The number of hydrogen-bond donors (Lipinski definition) is 1. The van der Waals surface area contributed by atoms with Crippen LogP contribution in [-0.2, 0) is 9.59 Å². The highest BCUT2D eigenvalue weighted by molar-refractivity contribution is 5.99. The molecule has 130 valence electrons. The van der Waals surface area contributed by atoms with Crippen molar-refractivity contribution in [1.29, 1.82) is 0 Å². The summed E-state index contributed by atoms with van der Waals surface area (Å²) >= 11 is 0. The van der Waals surface area contributed by atoms with Crippen molar-refractivity contribution in [3.8, 4) is 0 Å². The molecule has 1 aromatic rings. The quantitative estimate of drug-likeness (QED) is 0.910. The van der Waals surface area contributed by atoms with Crippen molar-refractivity contribution in [3.63, 3.8) is 0 Å². The number of piperazine rings is 1. The molecular formula is C17H21F2N3O2. The van der Waals surface area contributed by atoms with Crippen LogP contribution in [0.25, 0.3) is 0 Å². The van der Waals surface area contributed by atoms with Crippen LogP contribution in [0.5, 0.6) is 0 Å². The standard InChI is InChI=1S/C17H21F2N3O2/c1-2-21-5-7-22(8-6-21)17(24)13-10-12(13)16(23)20-15-4-3-11(18)9-14(15)19/h3-4,9,12-13H,2,5-8,10H2,1H3,(H,20,23). The Labute approximate surface area is 139 Å². The Morgan fingerprint density at radius 1 is 1.17 bits per heavy atom. The van der Waals surface area contributed by atoms with Gasteiger partial charge in [0.15, 0.2) is 0 Å². The number of hydrogen-bond acceptors (Lipinski definition) is 3. The average molecular weight is 337 g/mol. The Morgan fingerprint density at radius 2 is 1.88 bits per heavy atom. The van der Waals surface area contributed by atoms with Gasteiger partial charge in [-0.3, -0.25) is 9.59 Å². The number of carbonyl (C=O) groups excluding carboxylic acids is 2. The van der Waals surface area contributed by atoms with E-state index in [0.29, 0.717) is 19.5 Å². The second-order valence-corrected chi connectivity index (χ2v) is 6.32. The van der Waals surface area contributed by atoms with E-state index < -0.39 is 17.6 Å². The molecule has 5 nitrogen and oxygen atoms in total. The zero-order chi connectivity index (χ0) is 17.3. The highest BCUT2D eigenvalue weighted by atomic mass is 19.1. The maximum Gasteiger partial charge on any atom is 0.228 e. The van der Waals surface area contributed by atoms with Gasteiger partial charge in [-0.15, -0.1) is 0 Å². The first-order chi connectivity index (χ1) is 11.5. The van der Waals surface area contributed by atoms with E-state index in [9.17, 15) is 18.4 Å². The van der Waals surface area contributed by atoms with E-state index in [4.69, 9.17) is 0 Å². The summed E-state index contributed by atoms with van der Waals surface area (Å²) in [5.41, 5.74) is -0.0592. The predicted molar refractivity (Wildman–Crippen MR) is 85.3 cm³/mol. The third-order valence-corrected chi connectivity index (χ3v) is 4.76. The zero-order valence-corrected chi connectivity index (χ0v) is 13.6. The van der Waals surface area contributed by atoms with Crippen molar-refractivity contribution in [3.05, 3.63) is 29.8 Å². The molecule has 0 bridgehead atoms. The highest BCUT2D eigenvalue weighted by Crippen LogP contribution is 2.41. The molecule has 7 heteroatoms. The topological polar surface area (TPSA) is 52.7 Å². The molecule has 1 heterocycles. The summed E-state index contributed by atoms with van der Waals surface area (Å²) in [6.45, 7) is 6.14. The molecule has 1 N–H and O–H groups in total. The Kier molecular flexibility index (Phi) is 4.80. The Bertz CT molecular complexity index is 645. The number of halogens is 2. The molecule has 1 aliphatic heterocycles. The summed E-state index contributed by atoms with van der Waals surface area (Å²) in [6.07, 6.45) is 0.488. The van der Waals surface area contributed by atoms with E-state index >= 15 is 0 Å². The minimum atomic E-state index is -0.817. The first kappa shape index (κ1) is 16.8. The van der Waals surface area contributed by atoms with E-state index in [1.807, 2.05) is 4.90 Å². The van der Waals surface area contributed by atoms with Gasteiger partial charge in [-0.1, -0.05) is 6.92 Å². The summed E-state index contributed by atoms with van der Waals surface area (Å²) in [5, 5.41) is 2.44. The zero-order valence-electron chi connectivity index (χ0n) is 13.6. The minimum absolute atomic E-state index is 0.00508. The number of benzene rings is 1. The maximum atomic E-state index is 13.6.